The van der Waals surface area contributed by atoms with Gasteiger partial charge in [-0.3, -0.25) is 9.59 Å². The maximum absolute atomic E-state index is 12.2. The zero-order valence-corrected chi connectivity index (χ0v) is 13.8. The van der Waals surface area contributed by atoms with Gasteiger partial charge in [0.05, 0.1) is 7.11 Å². The van der Waals surface area contributed by atoms with E-state index in [1.54, 1.807) is 6.07 Å². The van der Waals surface area contributed by atoms with E-state index in [-0.39, 0.29) is 17.9 Å². The van der Waals surface area contributed by atoms with Crippen LogP contribution < -0.4 is 5.32 Å². The molecule has 0 radical (unpaired) electrons. The molecule has 4 nitrogen and oxygen atoms in total. The Hall–Kier alpha value is -1.36. The van der Waals surface area contributed by atoms with Gasteiger partial charge in [0.2, 0.25) is 0 Å². The molecular weight excluding hydrogens is 322 g/mol. The normalized spacial score (nSPS) is 12.7. The molecule has 1 amide bonds. The first-order valence-electron chi connectivity index (χ1n) is 6.37. The van der Waals surface area contributed by atoms with E-state index in [2.05, 4.69) is 46.8 Å². The van der Waals surface area contributed by atoms with Gasteiger partial charge >= 0.3 is 5.97 Å². The van der Waals surface area contributed by atoms with Crippen LogP contribution >= 0.6 is 15.9 Å². The quantitative estimate of drug-likeness (QED) is 0.676. The average molecular weight is 342 g/mol. The summed E-state index contributed by atoms with van der Waals surface area (Å²) in [6, 6.07) is 7.48. The van der Waals surface area contributed by atoms with Crippen molar-refractivity contribution >= 4 is 27.8 Å². The third-order valence-corrected chi connectivity index (χ3v) is 3.58. The van der Waals surface area contributed by atoms with Gasteiger partial charge in [-0.05, 0) is 17.0 Å². The maximum atomic E-state index is 12.2. The van der Waals surface area contributed by atoms with Crippen LogP contribution in [0.1, 0.15) is 36.7 Å². The van der Waals surface area contributed by atoms with Crippen molar-refractivity contribution in [3.8, 4) is 0 Å². The topological polar surface area (TPSA) is 55.4 Å². The number of nitrogens with one attached hydrogen (secondary N) is 1. The number of amides is 1. The summed E-state index contributed by atoms with van der Waals surface area (Å²) in [4.78, 5) is 23.0. The summed E-state index contributed by atoms with van der Waals surface area (Å²) in [5.41, 5.74) is 1.48. The van der Waals surface area contributed by atoms with Crippen molar-refractivity contribution in [2.75, 3.05) is 13.7 Å². The number of hydrogen-bond donors (Lipinski definition) is 1. The number of rotatable bonds is 4. The summed E-state index contributed by atoms with van der Waals surface area (Å²) in [5.74, 6) is -0.599. The second-order valence-electron chi connectivity index (χ2n) is 5.50. The molecule has 110 valence electrons. The van der Waals surface area contributed by atoms with Gasteiger partial charge in [0.1, 0.15) is 4.83 Å². The number of alkyl halides is 1. The minimum atomic E-state index is -0.543. The first-order chi connectivity index (χ1) is 9.27. The number of benzene rings is 1. The number of esters is 1. The number of carbonyl (C=O) groups excluding carboxylic acids is 2. The Labute approximate surface area is 128 Å². The van der Waals surface area contributed by atoms with Crippen LogP contribution in [-0.2, 0) is 14.9 Å². The van der Waals surface area contributed by atoms with Crippen molar-refractivity contribution in [2.45, 2.75) is 31.0 Å². The van der Waals surface area contributed by atoms with Gasteiger partial charge < -0.3 is 10.1 Å². The molecular formula is C15H20BrNO3. The summed E-state index contributed by atoms with van der Waals surface area (Å²) < 4.78 is 4.59. The second-order valence-corrected chi connectivity index (χ2v) is 6.60. The van der Waals surface area contributed by atoms with Crippen LogP contribution in [0.5, 0.6) is 0 Å². The first kappa shape index (κ1) is 16.7. The van der Waals surface area contributed by atoms with E-state index in [0.29, 0.717) is 5.56 Å². The van der Waals surface area contributed by atoms with Gasteiger partial charge in [-0.2, -0.15) is 0 Å². The molecule has 0 aromatic heterocycles. The highest BCUT2D eigenvalue weighted by Crippen LogP contribution is 2.25. The molecule has 0 aliphatic rings. The van der Waals surface area contributed by atoms with Gasteiger partial charge in [0, 0.05) is 12.1 Å². The minimum Gasteiger partial charge on any atom is -0.468 e. The lowest BCUT2D eigenvalue weighted by Crippen LogP contribution is -2.35. The van der Waals surface area contributed by atoms with E-state index in [1.807, 2.05) is 18.2 Å². The molecule has 0 spiro atoms. The predicted molar refractivity (Wildman–Crippen MR) is 82.2 cm³/mol. The minimum absolute atomic E-state index is 0.121. The van der Waals surface area contributed by atoms with E-state index in [1.165, 1.54) is 7.11 Å². The second kappa shape index (κ2) is 6.88. The Morgan fingerprint density at radius 3 is 2.45 bits per heavy atom. The highest BCUT2D eigenvalue weighted by molar-refractivity contribution is 9.10. The van der Waals surface area contributed by atoms with Crippen LogP contribution in [-0.4, -0.2) is 30.4 Å². The standard InChI is InChI=1S/C15H20BrNO3/c1-15(2,3)11-8-6-5-7-10(11)13(18)17-9-12(16)14(19)20-4/h5-8,12H,9H2,1-4H3,(H,17,18). The van der Waals surface area contributed by atoms with E-state index < -0.39 is 10.8 Å². The van der Waals surface area contributed by atoms with Crippen molar-refractivity contribution in [3.05, 3.63) is 35.4 Å². The average Bonchev–Trinajstić information content (AvgIpc) is 2.42. The van der Waals surface area contributed by atoms with Gasteiger partial charge in [-0.25, -0.2) is 0 Å². The summed E-state index contributed by atoms with van der Waals surface area (Å²) in [7, 11) is 1.31. The largest absolute Gasteiger partial charge is 0.468 e. The molecule has 1 aromatic rings. The molecule has 0 heterocycles. The van der Waals surface area contributed by atoms with Crippen molar-refractivity contribution in [2.24, 2.45) is 0 Å². The summed E-state index contributed by atoms with van der Waals surface area (Å²) in [6.07, 6.45) is 0. The van der Waals surface area contributed by atoms with Crippen LogP contribution in [0.3, 0.4) is 0 Å². The maximum Gasteiger partial charge on any atom is 0.321 e. The fraction of sp³-hybridized carbons (Fsp3) is 0.467. The molecule has 1 atom stereocenters. The fourth-order valence-electron chi connectivity index (χ4n) is 1.82. The fourth-order valence-corrected chi connectivity index (χ4v) is 2.17. The Morgan fingerprint density at radius 2 is 1.90 bits per heavy atom. The molecule has 1 aromatic carbocycles. The van der Waals surface area contributed by atoms with Crippen LogP contribution in [0.2, 0.25) is 0 Å². The van der Waals surface area contributed by atoms with E-state index >= 15 is 0 Å². The molecule has 1 rings (SSSR count). The molecule has 1 unspecified atom stereocenters. The highest BCUT2D eigenvalue weighted by atomic mass is 79.9. The summed E-state index contributed by atoms with van der Waals surface area (Å²) in [5, 5.41) is 2.74. The molecule has 0 saturated heterocycles. The van der Waals surface area contributed by atoms with E-state index in [9.17, 15) is 9.59 Å². The summed E-state index contributed by atoms with van der Waals surface area (Å²) >= 11 is 3.17. The number of carbonyl (C=O) groups is 2. The van der Waals surface area contributed by atoms with Gasteiger partial charge in [-0.1, -0.05) is 54.9 Å². The van der Waals surface area contributed by atoms with Crippen LogP contribution in [0, 0.1) is 0 Å². The first-order valence-corrected chi connectivity index (χ1v) is 7.28. The summed E-state index contributed by atoms with van der Waals surface area (Å²) in [6.45, 7) is 6.35. The van der Waals surface area contributed by atoms with Gasteiger partial charge in [-0.15, -0.1) is 0 Å². The van der Waals surface area contributed by atoms with Gasteiger partial charge in [0.25, 0.3) is 5.91 Å². The Morgan fingerprint density at radius 1 is 1.30 bits per heavy atom. The molecule has 1 N–H and O–H groups in total. The molecule has 20 heavy (non-hydrogen) atoms. The Bertz CT molecular complexity index is 494. The lowest BCUT2D eigenvalue weighted by Gasteiger charge is -2.22. The van der Waals surface area contributed by atoms with Crippen molar-refractivity contribution in [1.82, 2.24) is 5.32 Å². The van der Waals surface area contributed by atoms with Gasteiger partial charge in [0.15, 0.2) is 0 Å². The third kappa shape index (κ3) is 4.34. The smallest absolute Gasteiger partial charge is 0.321 e. The predicted octanol–water partition coefficient (Wildman–Crippen LogP) is 2.65. The monoisotopic (exact) mass is 341 g/mol. The van der Waals surface area contributed by atoms with Crippen molar-refractivity contribution < 1.29 is 14.3 Å². The zero-order valence-electron chi connectivity index (χ0n) is 12.2. The van der Waals surface area contributed by atoms with Crippen molar-refractivity contribution in [1.29, 1.82) is 0 Å². The SMILES string of the molecule is COC(=O)C(Br)CNC(=O)c1ccccc1C(C)(C)C. The molecule has 0 aliphatic heterocycles. The van der Waals surface area contributed by atoms with Crippen LogP contribution in [0.15, 0.2) is 24.3 Å². The third-order valence-electron chi connectivity index (χ3n) is 2.88. The van der Waals surface area contributed by atoms with Crippen molar-refractivity contribution in [3.63, 3.8) is 0 Å². The van der Waals surface area contributed by atoms with E-state index in [0.717, 1.165) is 5.56 Å². The molecule has 0 bridgehead atoms. The van der Waals surface area contributed by atoms with Crippen LogP contribution in [0.4, 0.5) is 0 Å². The Kier molecular flexibility index (Phi) is 5.74. The lowest BCUT2D eigenvalue weighted by atomic mass is 9.83. The van der Waals surface area contributed by atoms with Crippen LogP contribution in [0.25, 0.3) is 0 Å². The molecule has 0 fully saturated rings. The Balaban J connectivity index is 2.81. The highest BCUT2D eigenvalue weighted by Gasteiger charge is 2.22. The lowest BCUT2D eigenvalue weighted by molar-refractivity contribution is -0.139. The zero-order chi connectivity index (χ0) is 15.3. The molecule has 0 aliphatic carbocycles. The molecule has 5 heteroatoms. The number of hydrogen-bond acceptors (Lipinski definition) is 3. The van der Waals surface area contributed by atoms with E-state index in [4.69, 9.17) is 0 Å². The number of halogens is 1. The molecule has 0 saturated carbocycles. The number of methoxy groups -OCH3 is 1. The number of ether oxygens (including phenoxy) is 1.